The number of alkyl halides is 3. The molecular formula is C22H25F3N2O3. The van der Waals surface area contributed by atoms with Gasteiger partial charge in [0.25, 0.3) is 0 Å². The zero-order valence-corrected chi connectivity index (χ0v) is 16.6. The average molecular weight is 422 g/mol. The molecule has 1 fully saturated rings. The highest BCUT2D eigenvalue weighted by Crippen LogP contribution is 2.32. The van der Waals surface area contributed by atoms with Crippen molar-refractivity contribution in [3.8, 4) is 5.75 Å². The van der Waals surface area contributed by atoms with Gasteiger partial charge in [-0.15, -0.1) is 0 Å². The van der Waals surface area contributed by atoms with Crippen LogP contribution in [0.4, 0.5) is 13.2 Å². The van der Waals surface area contributed by atoms with Crippen molar-refractivity contribution in [2.75, 3.05) is 32.8 Å². The largest absolute Gasteiger partial charge is 0.491 e. The molecule has 0 bridgehead atoms. The summed E-state index contributed by atoms with van der Waals surface area (Å²) in [6.45, 7) is 2.30. The van der Waals surface area contributed by atoms with Crippen LogP contribution in [0.1, 0.15) is 23.1 Å². The first-order chi connectivity index (χ1) is 14.4. The van der Waals surface area contributed by atoms with Crippen molar-refractivity contribution in [3.05, 3.63) is 65.2 Å². The summed E-state index contributed by atoms with van der Waals surface area (Å²) in [6.07, 6.45) is -4.17. The summed E-state index contributed by atoms with van der Waals surface area (Å²) in [4.78, 5) is 16.1. The average Bonchev–Trinajstić information content (AvgIpc) is 2.89. The summed E-state index contributed by atoms with van der Waals surface area (Å²) in [5.41, 5.74) is 0.474. The Labute approximate surface area is 173 Å². The van der Waals surface area contributed by atoms with Gasteiger partial charge in [0, 0.05) is 39.1 Å². The molecule has 0 unspecified atom stereocenters. The van der Waals surface area contributed by atoms with Crippen molar-refractivity contribution in [2.45, 2.75) is 25.7 Å². The number of amides is 1. The lowest BCUT2D eigenvalue weighted by molar-refractivity contribution is -0.139. The Morgan fingerprint density at radius 3 is 2.40 bits per heavy atom. The minimum absolute atomic E-state index is 0.0424. The van der Waals surface area contributed by atoms with E-state index in [0.717, 1.165) is 11.6 Å². The number of carbonyl (C=O) groups excluding carboxylic acids is 1. The Morgan fingerprint density at radius 2 is 1.70 bits per heavy atom. The van der Waals surface area contributed by atoms with Crippen molar-refractivity contribution in [1.82, 2.24) is 9.80 Å². The van der Waals surface area contributed by atoms with E-state index in [-0.39, 0.29) is 37.6 Å². The normalized spacial score (nSPS) is 15.9. The molecule has 5 nitrogen and oxygen atoms in total. The highest BCUT2D eigenvalue weighted by molar-refractivity contribution is 5.76. The molecule has 0 atom stereocenters. The van der Waals surface area contributed by atoms with E-state index in [1.807, 2.05) is 24.3 Å². The maximum Gasteiger partial charge on any atom is 0.416 e. The van der Waals surface area contributed by atoms with Crippen LogP contribution in [0.15, 0.2) is 48.5 Å². The van der Waals surface area contributed by atoms with Crippen molar-refractivity contribution in [3.63, 3.8) is 0 Å². The van der Waals surface area contributed by atoms with E-state index < -0.39 is 11.7 Å². The lowest BCUT2D eigenvalue weighted by Crippen LogP contribution is -2.33. The van der Waals surface area contributed by atoms with Gasteiger partial charge < -0.3 is 14.7 Å². The van der Waals surface area contributed by atoms with Crippen molar-refractivity contribution < 1.29 is 27.8 Å². The lowest BCUT2D eigenvalue weighted by atomic mass is 10.1. The monoisotopic (exact) mass is 422 g/mol. The van der Waals surface area contributed by atoms with Crippen LogP contribution in [0.25, 0.3) is 0 Å². The summed E-state index contributed by atoms with van der Waals surface area (Å²) in [5, 5.41) is 8.80. The Morgan fingerprint density at radius 1 is 0.967 bits per heavy atom. The number of hydrogen-bond acceptors (Lipinski definition) is 4. The molecule has 30 heavy (non-hydrogen) atoms. The molecule has 2 aromatic rings. The first kappa shape index (κ1) is 22.1. The third-order valence-electron chi connectivity index (χ3n) is 5.05. The zero-order valence-electron chi connectivity index (χ0n) is 16.6. The van der Waals surface area contributed by atoms with E-state index in [9.17, 15) is 18.0 Å². The van der Waals surface area contributed by atoms with Gasteiger partial charge in [-0.3, -0.25) is 9.69 Å². The molecule has 3 rings (SSSR count). The molecule has 0 aromatic heterocycles. The van der Waals surface area contributed by atoms with Crippen molar-refractivity contribution in [2.24, 2.45) is 0 Å². The summed E-state index contributed by atoms with van der Waals surface area (Å²) < 4.78 is 45.1. The molecule has 0 saturated carbocycles. The Bertz CT molecular complexity index is 840. The predicted molar refractivity (Wildman–Crippen MR) is 106 cm³/mol. The fraction of sp³-hybridized carbons (Fsp3) is 0.409. The van der Waals surface area contributed by atoms with Gasteiger partial charge in [-0.2, -0.15) is 13.2 Å². The van der Waals surface area contributed by atoms with Crippen LogP contribution in [0.3, 0.4) is 0 Å². The smallest absolute Gasteiger partial charge is 0.416 e. The lowest BCUT2D eigenvalue weighted by Gasteiger charge is -2.24. The number of ether oxygens (including phenoxy) is 1. The van der Waals surface area contributed by atoms with Gasteiger partial charge in [0.2, 0.25) is 5.91 Å². The van der Waals surface area contributed by atoms with E-state index in [4.69, 9.17) is 9.84 Å². The topological polar surface area (TPSA) is 53.0 Å². The van der Waals surface area contributed by atoms with Gasteiger partial charge in [0.15, 0.2) is 0 Å². The number of carbonyl (C=O) groups is 1. The first-order valence-corrected chi connectivity index (χ1v) is 9.84. The fourth-order valence-corrected chi connectivity index (χ4v) is 3.49. The molecule has 1 saturated heterocycles. The molecule has 1 aliphatic rings. The van der Waals surface area contributed by atoms with Gasteiger partial charge in [0.1, 0.15) is 12.4 Å². The number of nitrogens with zero attached hydrogens (tertiary/aromatic N) is 2. The molecule has 0 radical (unpaired) electrons. The number of aliphatic hydroxyl groups is 1. The third kappa shape index (κ3) is 5.96. The number of halogens is 3. The van der Waals surface area contributed by atoms with Crippen LogP contribution in [0, 0.1) is 0 Å². The van der Waals surface area contributed by atoms with E-state index in [2.05, 4.69) is 4.90 Å². The van der Waals surface area contributed by atoms with Crippen LogP contribution < -0.4 is 4.74 Å². The maximum absolute atomic E-state index is 13.2. The predicted octanol–water partition coefficient (Wildman–Crippen LogP) is 3.31. The summed E-state index contributed by atoms with van der Waals surface area (Å²) in [5.74, 6) is 0.538. The van der Waals surface area contributed by atoms with E-state index in [1.165, 1.54) is 17.0 Å². The standard InChI is InChI=1S/C22H25F3N2O3/c23-22(24,25)20-4-2-1-3-18(20)16-27-12-11-26(10-9-21(27)29)15-17-5-7-19(8-6-17)30-14-13-28/h1-8,28H,9-16H2. The first-order valence-electron chi connectivity index (χ1n) is 9.84. The van der Waals surface area contributed by atoms with Crippen LogP contribution in [-0.4, -0.2) is 53.7 Å². The van der Waals surface area contributed by atoms with Crippen LogP contribution in [0.5, 0.6) is 5.75 Å². The molecule has 0 spiro atoms. The third-order valence-corrected chi connectivity index (χ3v) is 5.05. The van der Waals surface area contributed by atoms with Gasteiger partial charge in [-0.1, -0.05) is 30.3 Å². The van der Waals surface area contributed by atoms with E-state index in [0.29, 0.717) is 31.9 Å². The van der Waals surface area contributed by atoms with E-state index >= 15 is 0 Å². The fourth-order valence-electron chi connectivity index (χ4n) is 3.49. The van der Waals surface area contributed by atoms with Gasteiger partial charge >= 0.3 is 6.18 Å². The molecule has 1 aliphatic heterocycles. The quantitative estimate of drug-likeness (QED) is 0.744. The van der Waals surface area contributed by atoms with Crippen molar-refractivity contribution >= 4 is 5.91 Å². The molecular weight excluding hydrogens is 397 g/mol. The minimum atomic E-state index is -4.44. The summed E-state index contributed by atoms with van der Waals surface area (Å²) >= 11 is 0. The second-order valence-corrected chi connectivity index (χ2v) is 7.21. The Kier molecular flexibility index (Phi) is 7.33. The molecule has 1 heterocycles. The number of hydrogen-bond donors (Lipinski definition) is 1. The van der Waals surface area contributed by atoms with Gasteiger partial charge in [0.05, 0.1) is 12.2 Å². The second-order valence-electron chi connectivity index (χ2n) is 7.21. The highest BCUT2D eigenvalue weighted by Gasteiger charge is 2.34. The molecule has 0 aliphatic carbocycles. The van der Waals surface area contributed by atoms with Crippen LogP contribution >= 0.6 is 0 Å². The van der Waals surface area contributed by atoms with Gasteiger partial charge in [-0.05, 0) is 29.3 Å². The highest BCUT2D eigenvalue weighted by atomic mass is 19.4. The second kappa shape index (κ2) is 9.95. The van der Waals surface area contributed by atoms with Crippen LogP contribution in [0.2, 0.25) is 0 Å². The Balaban J connectivity index is 1.60. The SMILES string of the molecule is O=C1CCN(Cc2ccc(OCCO)cc2)CCN1Cc1ccccc1C(F)(F)F. The minimum Gasteiger partial charge on any atom is -0.491 e. The van der Waals surface area contributed by atoms with Crippen LogP contribution in [-0.2, 0) is 24.1 Å². The zero-order chi connectivity index (χ0) is 21.6. The molecule has 2 aromatic carbocycles. The maximum atomic E-state index is 13.2. The number of aliphatic hydroxyl groups excluding tert-OH is 1. The molecule has 8 heteroatoms. The van der Waals surface area contributed by atoms with Gasteiger partial charge in [-0.25, -0.2) is 0 Å². The van der Waals surface area contributed by atoms with Crippen molar-refractivity contribution in [1.29, 1.82) is 0 Å². The molecule has 162 valence electrons. The number of benzene rings is 2. The summed E-state index contributed by atoms with van der Waals surface area (Å²) in [7, 11) is 0. The molecule has 1 amide bonds. The summed E-state index contributed by atoms with van der Waals surface area (Å²) in [6, 6.07) is 12.9. The number of rotatable bonds is 7. The molecule has 1 N–H and O–H groups in total. The Hall–Kier alpha value is -2.58. The van der Waals surface area contributed by atoms with E-state index in [1.54, 1.807) is 6.07 Å².